The summed E-state index contributed by atoms with van der Waals surface area (Å²) in [7, 11) is -1.89. The molecular formula is C15H21NO3S. The van der Waals surface area contributed by atoms with Crippen LogP contribution in [0.4, 0.5) is 0 Å². The molecule has 1 aromatic rings. The van der Waals surface area contributed by atoms with Crippen LogP contribution in [0.15, 0.2) is 29.2 Å². The Balaban J connectivity index is 3.04. The van der Waals surface area contributed by atoms with Gasteiger partial charge >= 0.3 is 0 Å². The largest absolute Gasteiger partial charge is 0.384 e. The first-order valence-electron chi connectivity index (χ1n) is 6.48. The summed E-state index contributed by atoms with van der Waals surface area (Å²) < 4.78 is 26.3. The van der Waals surface area contributed by atoms with Crippen molar-refractivity contribution >= 4 is 10.0 Å². The molecule has 0 aliphatic rings. The van der Waals surface area contributed by atoms with Gasteiger partial charge in [-0.1, -0.05) is 25.7 Å². The Bertz CT molecular complexity index is 594. The first-order chi connectivity index (χ1) is 9.30. The van der Waals surface area contributed by atoms with Crippen LogP contribution in [0.5, 0.6) is 0 Å². The maximum absolute atomic E-state index is 12.5. The van der Waals surface area contributed by atoms with Crippen LogP contribution in [-0.2, 0) is 10.0 Å². The molecule has 0 bridgehead atoms. The molecule has 0 aromatic heterocycles. The third kappa shape index (κ3) is 3.83. The first-order valence-corrected chi connectivity index (χ1v) is 7.92. The summed E-state index contributed by atoms with van der Waals surface area (Å²) in [6.07, 6.45) is 0. The van der Waals surface area contributed by atoms with Crippen molar-refractivity contribution in [1.29, 1.82) is 0 Å². The molecule has 1 aromatic carbocycles. The number of aliphatic hydroxyl groups is 1. The third-order valence-corrected chi connectivity index (χ3v) is 5.34. The lowest BCUT2D eigenvalue weighted by atomic mass is 10.1. The molecule has 1 rings (SSSR count). The van der Waals surface area contributed by atoms with Crippen LogP contribution in [0.2, 0.25) is 0 Å². The van der Waals surface area contributed by atoms with Crippen molar-refractivity contribution in [3.8, 4) is 11.8 Å². The number of hydrogen-bond acceptors (Lipinski definition) is 3. The van der Waals surface area contributed by atoms with Gasteiger partial charge in [0, 0.05) is 18.7 Å². The van der Waals surface area contributed by atoms with E-state index in [4.69, 9.17) is 5.11 Å². The molecule has 0 radical (unpaired) electrons. The second-order valence-electron chi connectivity index (χ2n) is 4.99. The highest BCUT2D eigenvalue weighted by molar-refractivity contribution is 7.89. The molecule has 5 heteroatoms. The number of aliphatic hydroxyl groups excluding tert-OH is 1. The van der Waals surface area contributed by atoms with Crippen LogP contribution in [-0.4, -0.2) is 37.5 Å². The van der Waals surface area contributed by atoms with Crippen molar-refractivity contribution in [3.63, 3.8) is 0 Å². The third-order valence-electron chi connectivity index (χ3n) is 3.38. The summed E-state index contributed by atoms with van der Waals surface area (Å²) in [5.74, 6) is 5.50. The van der Waals surface area contributed by atoms with Crippen LogP contribution >= 0.6 is 0 Å². The molecule has 0 saturated carbocycles. The summed E-state index contributed by atoms with van der Waals surface area (Å²) in [6, 6.07) is 6.29. The molecule has 0 saturated heterocycles. The van der Waals surface area contributed by atoms with Gasteiger partial charge in [-0.15, -0.1) is 0 Å². The zero-order chi connectivity index (χ0) is 15.3. The monoisotopic (exact) mass is 295 g/mol. The maximum Gasteiger partial charge on any atom is 0.243 e. The van der Waals surface area contributed by atoms with Gasteiger partial charge in [-0.05, 0) is 37.1 Å². The highest BCUT2D eigenvalue weighted by Gasteiger charge is 2.26. The molecule has 20 heavy (non-hydrogen) atoms. The van der Waals surface area contributed by atoms with Gasteiger partial charge in [-0.25, -0.2) is 8.42 Å². The molecule has 4 nitrogen and oxygen atoms in total. The lowest BCUT2D eigenvalue weighted by molar-refractivity contribution is 0.316. The predicted octanol–water partition coefficient (Wildman–Crippen LogP) is 1.70. The lowest BCUT2D eigenvalue weighted by Crippen LogP contribution is -2.38. The Morgan fingerprint density at radius 2 is 1.75 bits per heavy atom. The zero-order valence-electron chi connectivity index (χ0n) is 12.3. The van der Waals surface area contributed by atoms with Crippen molar-refractivity contribution in [2.75, 3.05) is 13.7 Å². The highest BCUT2D eigenvalue weighted by atomic mass is 32.2. The van der Waals surface area contributed by atoms with E-state index in [0.717, 1.165) is 0 Å². The van der Waals surface area contributed by atoms with Crippen LogP contribution in [0, 0.1) is 17.8 Å². The van der Waals surface area contributed by atoms with Gasteiger partial charge in [0.25, 0.3) is 0 Å². The van der Waals surface area contributed by atoms with Gasteiger partial charge in [-0.2, -0.15) is 4.31 Å². The SMILES string of the molecule is CC(C)C(C)N(C)S(=O)(=O)c1ccc(C#CCO)cc1. The highest BCUT2D eigenvalue weighted by Crippen LogP contribution is 2.20. The molecule has 0 spiro atoms. The van der Waals surface area contributed by atoms with E-state index in [0.29, 0.717) is 5.56 Å². The molecule has 1 atom stereocenters. The van der Waals surface area contributed by atoms with Gasteiger partial charge in [0.2, 0.25) is 10.0 Å². The van der Waals surface area contributed by atoms with Crippen molar-refractivity contribution in [1.82, 2.24) is 4.31 Å². The molecule has 0 amide bonds. The summed E-state index contributed by atoms with van der Waals surface area (Å²) in [5.41, 5.74) is 0.678. The number of rotatable bonds is 4. The Kier molecular flexibility index (Phi) is 5.75. The van der Waals surface area contributed by atoms with E-state index in [2.05, 4.69) is 11.8 Å². The number of nitrogens with zero attached hydrogens (tertiary/aromatic N) is 1. The van der Waals surface area contributed by atoms with Gasteiger partial charge < -0.3 is 5.11 Å². The van der Waals surface area contributed by atoms with Crippen molar-refractivity contribution < 1.29 is 13.5 Å². The number of hydrogen-bond donors (Lipinski definition) is 1. The summed E-state index contributed by atoms with van der Waals surface area (Å²) >= 11 is 0. The molecule has 0 fully saturated rings. The second kappa shape index (κ2) is 6.89. The summed E-state index contributed by atoms with van der Waals surface area (Å²) in [4.78, 5) is 0.252. The van der Waals surface area contributed by atoms with E-state index < -0.39 is 10.0 Å². The van der Waals surface area contributed by atoms with Gasteiger partial charge in [0.15, 0.2) is 0 Å². The number of benzene rings is 1. The molecule has 0 aliphatic heterocycles. The molecule has 110 valence electrons. The number of sulfonamides is 1. The van der Waals surface area contributed by atoms with Crippen molar-refractivity contribution in [2.45, 2.75) is 31.7 Å². The summed E-state index contributed by atoms with van der Waals surface area (Å²) in [6.45, 7) is 5.66. The van der Waals surface area contributed by atoms with Gasteiger partial charge in [0.1, 0.15) is 6.61 Å². The van der Waals surface area contributed by atoms with Gasteiger partial charge in [0.05, 0.1) is 4.90 Å². The lowest BCUT2D eigenvalue weighted by Gasteiger charge is -2.27. The molecule has 1 N–H and O–H groups in total. The Hall–Kier alpha value is -1.35. The molecule has 0 aliphatic carbocycles. The average Bonchev–Trinajstić information content (AvgIpc) is 2.43. The first kappa shape index (κ1) is 16.7. The topological polar surface area (TPSA) is 57.6 Å². The maximum atomic E-state index is 12.5. The molecule has 0 heterocycles. The van der Waals surface area contributed by atoms with E-state index in [1.807, 2.05) is 20.8 Å². The van der Waals surface area contributed by atoms with E-state index in [1.165, 1.54) is 4.31 Å². The summed E-state index contributed by atoms with van der Waals surface area (Å²) in [5, 5.41) is 8.62. The second-order valence-corrected chi connectivity index (χ2v) is 6.99. The van der Waals surface area contributed by atoms with Crippen LogP contribution in [0.25, 0.3) is 0 Å². The fourth-order valence-corrected chi connectivity index (χ4v) is 3.15. The van der Waals surface area contributed by atoms with Crippen molar-refractivity contribution in [2.24, 2.45) is 5.92 Å². The van der Waals surface area contributed by atoms with E-state index in [9.17, 15) is 8.42 Å². The van der Waals surface area contributed by atoms with Crippen LogP contribution in [0.3, 0.4) is 0 Å². The van der Waals surface area contributed by atoms with Crippen LogP contribution in [0.1, 0.15) is 26.3 Å². The quantitative estimate of drug-likeness (QED) is 0.860. The normalized spacial score (nSPS) is 13.2. The van der Waals surface area contributed by atoms with E-state index in [1.54, 1.807) is 31.3 Å². The average molecular weight is 295 g/mol. The minimum absolute atomic E-state index is 0.0751. The molecular weight excluding hydrogens is 274 g/mol. The Labute approximate surface area is 121 Å². The van der Waals surface area contributed by atoms with Gasteiger partial charge in [-0.3, -0.25) is 0 Å². The van der Waals surface area contributed by atoms with Crippen molar-refractivity contribution in [3.05, 3.63) is 29.8 Å². The predicted molar refractivity (Wildman–Crippen MR) is 79.7 cm³/mol. The fraction of sp³-hybridized carbons (Fsp3) is 0.467. The minimum Gasteiger partial charge on any atom is -0.384 e. The van der Waals surface area contributed by atoms with Crippen LogP contribution < -0.4 is 0 Å². The zero-order valence-corrected chi connectivity index (χ0v) is 13.1. The minimum atomic E-state index is -3.48. The fourth-order valence-electron chi connectivity index (χ4n) is 1.66. The Morgan fingerprint density at radius 3 is 2.20 bits per heavy atom. The smallest absolute Gasteiger partial charge is 0.243 e. The Morgan fingerprint density at radius 1 is 1.20 bits per heavy atom. The van der Waals surface area contributed by atoms with E-state index >= 15 is 0 Å². The van der Waals surface area contributed by atoms with E-state index in [-0.39, 0.29) is 23.5 Å². The standard InChI is InChI=1S/C15H21NO3S/c1-12(2)13(3)16(4)20(18,19)15-9-7-14(8-10-15)6-5-11-17/h7-10,12-13,17H,11H2,1-4H3. The molecule has 1 unspecified atom stereocenters.